The quantitative estimate of drug-likeness (QED) is 0.634. The molecule has 3 aromatic rings. The predicted octanol–water partition coefficient (Wildman–Crippen LogP) is 3.44. The highest BCUT2D eigenvalue weighted by Crippen LogP contribution is 2.29. The van der Waals surface area contributed by atoms with Gasteiger partial charge in [0, 0.05) is 37.1 Å². The van der Waals surface area contributed by atoms with E-state index in [1.807, 2.05) is 29.1 Å². The number of aryl methyl sites for hydroxylation is 1. The number of amides is 1. The first kappa shape index (κ1) is 19.4. The summed E-state index contributed by atoms with van der Waals surface area (Å²) in [4.78, 5) is 20.7. The van der Waals surface area contributed by atoms with Crippen LogP contribution in [0.3, 0.4) is 0 Å². The number of halogens is 3. The SMILES string of the molecule is Cc1nc(NCCNC(=O)c2cccc(C(F)(F)F)c2)cc(-n2cccc2)n1. The summed E-state index contributed by atoms with van der Waals surface area (Å²) in [5.74, 6) is 1.30. The number of hydrogen-bond donors (Lipinski definition) is 2. The van der Waals surface area contributed by atoms with Gasteiger partial charge in [0.25, 0.3) is 5.91 Å². The monoisotopic (exact) mass is 389 g/mol. The Balaban J connectivity index is 1.56. The summed E-state index contributed by atoms with van der Waals surface area (Å²) < 4.78 is 40.1. The van der Waals surface area contributed by atoms with Crippen LogP contribution in [-0.4, -0.2) is 33.5 Å². The molecule has 0 atom stereocenters. The molecule has 0 aliphatic carbocycles. The van der Waals surface area contributed by atoms with Crippen molar-refractivity contribution in [3.8, 4) is 5.82 Å². The van der Waals surface area contributed by atoms with E-state index in [0.717, 1.165) is 12.1 Å². The molecule has 2 heterocycles. The van der Waals surface area contributed by atoms with Gasteiger partial charge < -0.3 is 15.2 Å². The summed E-state index contributed by atoms with van der Waals surface area (Å²) in [6, 6.07) is 9.85. The maximum absolute atomic E-state index is 12.7. The number of anilines is 1. The fourth-order valence-corrected chi connectivity index (χ4v) is 2.57. The van der Waals surface area contributed by atoms with E-state index >= 15 is 0 Å². The van der Waals surface area contributed by atoms with Crippen molar-refractivity contribution in [2.45, 2.75) is 13.1 Å². The first-order valence-electron chi connectivity index (χ1n) is 8.51. The zero-order chi connectivity index (χ0) is 20.1. The molecule has 9 heteroatoms. The van der Waals surface area contributed by atoms with E-state index < -0.39 is 17.6 Å². The third-order valence-electron chi connectivity index (χ3n) is 3.86. The van der Waals surface area contributed by atoms with Gasteiger partial charge in [-0.3, -0.25) is 4.79 Å². The Kier molecular flexibility index (Phi) is 5.62. The zero-order valence-electron chi connectivity index (χ0n) is 15.0. The van der Waals surface area contributed by atoms with E-state index in [9.17, 15) is 18.0 Å². The first-order valence-corrected chi connectivity index (χ1v) is 8.51. The fourth-order valence-electron chi connectivity index (χ4n) is 2.57. The van der Waals surface area contributed by atoms with Gasteiger partial charge in [-0.2, -0.15) is 13.2 Å². The van der Waals surface area contributed by atoms with Crippen molar-refractivity contribution in [2.24, 2.45) is 0 Å². The highest BCUT2D eigenvalue weighted by Gasteiger charge is 2.30. The largest absolute Gasteiger partial charge is 0.416 e. The normalized spacial score (nSPS) is 11.3. The molecule has 3 rings (SSSR count). The van der Waals surface area contributed by atoms with Gasteiger partial charge in [-0.05, 0) is 37.3 Å². The second kappa shape index (κ2) is 8.12. The molecule has 2 aromatic heterocycles. The molecule has 0 aliphatic heterocycles. The molecule has 0 radical (unpaired) electrons. The summed E-state index contributed by atoms with van der Waals surface area (Å²) in [7, 11) is 0. The Hall–Kier alpha value is -3.36. The molecule has 0 saturated heterocycles. The third kappa shape index (κ3) is 4.87. The van der Waals surface area contributed by atoms with Crippen molar-refractivity contribution in [3.05, 3.63) is 71.8 Å². The average molecular weight is 389 g/mol. The Morgan fingerprint density at radius 1 is 1.07 bits per heavy atom. The van der Waals surface area contributed by atoms with E-state index in [2.05, 4.69) is 20.6 Å². The molecule has 1 amide bonds. The minimum Gasteiger partial charge on any atom is -0.368 e. The van der Waals surface area contributed by atoms with Crippen molar-refractivity contribution in [1.82, 2.24) is 19.9 Å². The second-order valence-electron chi connectivity index (χ2n) is 6.01. The van der Waals surface area contributed by atoms with E-state index in [-0.39, 0.29) is 12.1 Å². The van der Waals surface area contributed by atoms with Gasteiger partial charge in [0.05, 0.1) is 5.56 Å². The van der Waals surface area contributed by atoms with Crippen molar-refractivity contribution >= 4 is 11.7 Å². The number of carbonyl (C=O) groups is 1. The molecule has 0 unspecified atom stereocenters. The maximum Gasteiger partial charge on any atom is 0.416 e. The molecule has 0 spiro atoms. The minimum absolute atomic E-state index is 0.0393. The number of rotatable bonds is 6. The van der Waals surface area contributed by atoms with Gasteiger partial charge >= 0.3 is 6.18 Å². The van der Waals surface area contributed by atoms with Crippen molar-refractivity contribution in [2.75, 3.05) is 18.4 Å². The van der Waals surface area contributed by atoms with Crippen molar-refractivity contribution in [3.63, 3.8) is 0 Å². The Labute approximate surface area is 159 Å². The smallest absolute Gasteiger partial charge is 0.368 e. The van der Waals surface area contributed by atoms with Crippen LogP contribution < -0.4 is 10.6 Å². The Bertz CT molecular complexity index is 954. The lowest BCUT2D eigenvalue weighted by molar-refractivity contribution is -0.137. The summed E-state index contributed by atoms with van der Waals surface area (Å²) in [5.41, 5.74) is -0.894. The highest BCUT2D eigenvalue weighted by molar-refractivity contribution is 5.94. The lowest BCUT2D eigenvalue weighted by Crippen LogP contribution is -2.29. The number of benzene rings is 1. The average Bonchev–Trinajstić information content (AvgIpc) is 3.19. The van der Waals surface area contributed by atoms with Gasteiger partial charge in [-0.25, -0.2) is 9.97 Å². The van der Waals surface area contributed by atoms with Crippen LogP contribution in [0.15, 0.2) is 54.9 Å². The topological polar surface area (TPSA) is 71.8 Å². The van der Waals surface area contributed by atoms with Gasteiger partial charge in [-0.15, -0.1) is 0 Å². The predicted molar refractivity (Wildman–Crippen MR) is 98.4 cm³/mol. The molecular formula is C19H18F3N5O. The number of hydrogen-bond acceptors (Lipinski definition) is 4. The lowest BCUT2D eigenvalue weighted by Gasteiger charge is -2.11. The van der Waals surface area contributed by atoms with E-state index in [1.165, 1.54) is 12.1 Å². The van der Waals surface area contributed by atoms with Crippen molar-refractivity contribution in [1.29, 1.82) is 0 Å². The third-order valence-corrected chi connectivity index (χ3v) is 3.86. The zero-order valence-corrected chi connectivity index (χ0v) is 15.0. The molecule has 28 heavy (non-hydrogen) atoms. The standard InChI is InChI=1S/C19H18F3N5O/c1-13-25-16(12-17(26-13)27-9-2-3-10-27)23-7-8-24-18(28)14-5-4-6-15(11-14)19(20,21)22/h2-6,9-12H,7-8H2,1H3,(H,24,28)(H,23,25,26). The summed E-state index contributed by atoms with van der Waals surface area (Å²) in [6.45, 7) is 2.34. The summed E-state index contributed by atoms with van der Waals surface area (Å²) in [5, 5.41) is 5.66. The summed E-state index contributed by atoms with van der Waals surface area (Å²) in [6.07, 6.45) is -0.762. The van der Waals surface area contributed by atoms with Gasteiger partial charge in [0.2, 0.25) is 0 Å². The van der Waals surface area contributed by atoms with Crippen LogP contribution in [0.5, 0.6) is 0 Å². The lowest BCUT2D eigenvalue weighted by atomic mass is 10.1. The number of aromatic nitrogens is 3. The second-order valence-corrected chi connectivity index (χ2v) is 6.01. The van der Waals surface area contributed by atoms with Gasteiger partial charge in [0.15, 0.2) is 0 Å². The number of nitrogens with one attached hydrogen (secondary N) is 2. The molecule has 0 bridgehead atoms. The van der Waals surface area contributed by atoms with E-state index in [1.54, 1.807) is 13.0 Å². The van der Waals surface area contributed by atoms with Crippen LogP contribution in [-0.2, 0) is 6.18 Å². The fraction of sp³-hybridized carbons (Fsp3) is 0.211. The Morgan fingerprint density at radius 3 is 2.54 bits per heavy atom. The molecule has 0 aliphatic rings. The van der Waals surface area contributed by atoms with Crippen LogP contribution >= 0.6 is 0 Å². The molecule has 0 saturated carbocycles. The van der Waals surface area contributed by atoms with Crippen LogP contribution in [0, 0.1) is 6.92 Å². The maximum atomic E-state index is 12.7. The van der Waals surface area contributed by atoms with E-state index in [0.29, 0.717) is 24.0 Å². The summed E-state index contributed by atoms with van der Waals surface area (Å²) >= 11 is 0. The number of nitrogens with zero attached hydrogens (tertiary/aromatic N) is 3. The highest BCUT2D eigenvalue weighted by atomic mass is 19.4. The molecule has 6 nitrogen and oxygen atoms in total. The first-order chi connectivity index (χ1) is 13.3. The van der Waals surface area contributed by atoms with Crippen LogP contribution in [0.4, 0.5) is 19.0 Å². The van der Waals surface area contributed by atoms with Gasteiger partial charge in [0.1, 0.15) is 17.5 Å². The molecule has 1 aromatic carbocycles. The van der Waals surface area contributed by atoms with Gasteiger partial charge in [-0.1, -0.05) is 6.07 Å². The van der Waals surface area contributed by atoms with Crippen LogP contribution in [0.1, 0.15) is 21.7 Å². The number of carbonyl (C=O) groups excluding carboxylic acids is 1. The molecular weight excluding hydrogens is 371 g/mol. The van der Waals surface area contributed by atoms with Crippen LogP contribution in [0.25, 0.3) is 5.82 Å². The molecule has 0 fully saturated rings. The van der Waals surface area contributed by atoms with Crippen molar-refractivity contribution < 1.29 is 18.0 Å². The van der Waals surface area contributed by atoms with E-state index in [4.69, 9.17) is 0 Å². The molecule has 2 N–H and O–H groups in total. The molecule has 146 valence electrons. The Morgan fingerprint density at radius 2 is 1.82 bits per heavy atom. The number of alkyl halides is 3. The van der Waals surface area contributed by atoms with Crippen LogP contribution in [0.2, 0.25) is 0 Å². The minimum atomic E-state index is -4.49.